The molecule has 2 rings (SSSR count). The molecule has 1 amide bonds. The summed E-state index contributed by atoms with van der Waals surface area (Å²) in [4.78, 5) is 12.5. The fourth-order valence-electron chi connectivity index (χ4n) is 2.63. The predicted molar refractivity (Wildman–Crippen MR) is 106 cm³/mol. The highest BCUT2D eigenvalue weighted by molar-refractivity contribution is 7.92. The average Bonchev–Trinajstić information content (AvgIpc) is 2.50. The molecule has 0 fully saturated rings. The van der Waals surface area contributed by atoms with Crippen LogP contribution in [-0.2, 0) is 21.4 Å². The lowest BCUT2D eigenvalue weighted by Crippen LogP contribution is -2.47. The number of nitrogens with zero attached hydrogens (tertiary/aromatic N) is 1. The van der Waals surface area contributed by atoms with Crippen LogP contribution in [0.25, 0.3) is 0 Å². The number of benzene rings is 2. The molecule has 0 aliphatic heterocycles. The highest BCUT2D eigenvalue weighted by Crippen LogP contribution is 2.28. The molecule has 2 aromatic rings. The summed E-state index contributed by atoms with van der Waals surface area (Å²) >= 11 is 12.0. The molecule has 0 heterocycles. The van der Waals surface area contributed by atoms with Crippen molar-refractivity contribution in [2.24, 2.45) is 0 Å². The molecule has 0 radical (unpaired) electrons. The molecule has 0 spiro atoms. The maximum Gasteiger partial charge on any atom is 0.243 e. The van der Waals surface area contributed by atoms with Gasteiger partial charge in [-0.15, -0.1) is 0 Å². The van der Waals surface area contributed by atoms with Crippen molar-refractivity contribution in [1.82, 2.24) is 5.32 Å². The molecule has 0 saturated carbocycles. The zero-order valence-corrected chi connectivity index (χ0v) is 17.0. The second-order valence-corrected chi connectivity index (χ2v) is 8.80. The predicted octanol–water partition coefficient (Wildman–Crippen LogP) is 3.77. The molecular weight excluding hydrogens is 395 g/mol. The molecule has 0 bridgehead atoms. The fraction of sp³-hybridized carbons (Fsp3) is 0.278. The maximum atomic E-state index is 12.5. The molecule has 0 aliphatic rings. The van der Waals surface area contributed by atoms with Crippen molar-refractivity contribution in [2.75, 3.05) is 10.6 Å². The van der Waals surface area contributed by atoms with E-state index in [1.807, 2.05) is 31.2 Å². The van der Waals surface area contributed by atoms with Crippen molar-refractivity contribution in [3.05, 3.63) is 63.6 Å². The minimum atomic E-state index is -3.73. The number of carbonyl (C=O) groups excluding carboxylic acids is 1. The van der Waals surface area contributed by atoms with Crippen LogP contribution in [-0.4, -0.2) is 26.6 Å². The van der Waals surface area contributed by atoms with Crippen LogP contribution in [0, 0.1) is 6.92 Å². The Balaban J connectivity index is 2.23. The zero-order valence-electron chi connectivity index (χ0n) is 14.7. The molecule has 1 N–H and O–H groups in total. The molecule has 8 heteroatoms. The summed E-state index contributed by atoms with van der Waals surface area (Å²) in [6.45, 7) is 3.78. The van der Waals surface area contributed by atoms with Crippen LogP contribution in [0.5, 0.6) is 0 Å². The highest BCUT2D eigenvalue weighted by atomic mass is 35.5. The largest absolute Gasteiger partial charge is 0.350 e. The quantitative estimate of drug-likeness (QED) is 0.781. The summed E-state index contributed by atoms with van der Waals surface area (Å²) in [7, 11) is -3.73. The third kappa shape index (κ3) is 5.37. The first-order valence-corrected chi connectivity index (χ1v) is 10.5. The van der Waals surface area contributed by atoms with Gasteiger partial charge in [0.15, 0.2) is 0 Å². The number of sulfonamides is 1. The van der Waals surface area contributed by atoms with E-state index in [9.17, 15) is 13.2 Å². The topological polar surface area (TPSA) is 66.5 Å². The SMILES string of the molecule is Cc1cccc(CNC(=O)[C@H](C)N(c2cc(Cl)cc(Cl)c2)S(C)(=O)=O)c1. The van der Waals surface area contributed by atoms with Gasteiger partial charge in [-0.1, -0.05) is 53.0 Å². The monoisotopic (exact) mass is 414 g/mol. The standard InChI is InChI=1S/C18H20Cl2N2O3S/c1-12-5-4-6-14(7-12)11-21-18(23)13(2)22(26(3,24)25)17-9-15(19)8-16(20)10-17/h4-10,13H,11H2,1-3H3,(H,21,23)/t13-/m0/s1. The van der Waals surface area contributed by atoms with Gasteiger partial charge in [0, 0.05) is 16.6 Å². The number of aryl methyl sites for hydroxylation is 1. The Morgan fingerprint density at radius 2 is 1.77 bits per heavy atom. The number of halogens is 2. The molecule has 2 aromatic carbocycles. The van der Waals surface area contributed by atoms with E-state index in [2.05, 4.69) is 5.32 Å². The first-order valence-electron chi connectivity index (χ1n) is 7.86. The van der Waals surface area contributed by atoms with Crippen LogP contribution >= 0.6 is 23.2 Å². The van der Waals surface area contributed by atoms with E-state index in [0.717, 1.165) is 21.7 Å². The summed E-state index contributed by atoms with van der Waals surface area (Å²) in [6, 6.07) is 11.1. The van der Waals surface area contributed by atoms with E-state index in [1.54, 1.807) is 0 Å². The third-order valence-corrected chi connectivity index (χ3v) is 5.42. The Kier molecular flexibility index (Phi) is 6.55. The molecule has 0 aromatic heterocycles. The normalized spacial score (nSPS) is 12.5. The Morgan fingerprint density at radius 3 is 2.31 bits per heavy atom. The van der Waals surface area contributed by atoms with Crippen LogP contribution in [0.3, 0.4) is 0 Å². The average molecular weight is 415 g/mol. The zero-order chi connectivity index (χ0) is 19.5. The van der Waals surface area contributed by atoms with Gasteiger partial charge in [-0.05, 0) is 37.6 Å². The van der Waals surface area contributed by atoms with Gasteiger partial charge in [-0.2, -0.15) is 0 Å². The first kappa shape index (κ1) is 20.6. The molecule has 26 heavy (non-hydrogen) atoms. The molecule has 140 valence electrons. The number of nitrogens with one attached hydrogen (secondary N) is 1. The number of hydrogen-bond acceptors (Lipinski definition) is 3. The van der Waals surface area contributed by atoms with Crippen molar-refractivity contribution in [3.63, 3.8) is 0 Å². The minimum absolute atomic E-state index is 0.239. The summed E-state index contributed by atoms with van der Waals surface area (Å²) in [6.07, 6.45) is 1.03. The number of rotatable bonds is 6. The lowest BCUT2D eigenvalue weighted by Gasteiger charge is -2.28. The van der Waals surface area contributed by atoms with Crippen molar-refractivity contribution in [1.29, 1.82) is 0 Å². The molecule has 0 unspecified atom stereocenters. The van der Waals surface area contributed by atoms with E-state index in [1.165, 1.54) is 25.1 Å². The minimum Gasteiger partial charge on any atom is -0.350 e. The smallest absolute Gasteiger partial charge is 0.243 e. The van der Waals surface area contributed by atoms with Crippen molar-refractivity contribution < 1.29 is 13.2 Å². The third-order valence-electron chi connectivity index (χ3n) is 3.74. The van der Waals surface area contributed by atoms with Crippen molar-refractivity contribution >= 4 is 44.8 Å². The number of amides is 1. The van der Waals surface area contributed by atoms with E-state index in [-0.39, 0.29) is 15.7 Å². The van der Waals surface area contributed by atoms with Gasteiger partial charge in [0.25, 0.3) is 0 Å². The molecule has 5 nitrogen and oxygen atoms in total. The number of carbonyl (C=O) groups is 1. The summed E-state index contributed by atoms with van der Waals surface area (Å²) in [5.74, 6) is -0.423. The Labute approximate surface area is 164 Å². The van der Waals surface area contributed by atoms with Gasteiger partial charge >= 0.3 is 0 Å². The lowest BCUT2D eigenvalue weighted by atomic mass is 10.1. The van der Waals surface area contributed by atoms with Crippen LogP contribution < -0.4 is 9.62 Å². The van der Waals surface area contributed by atoms with Gasteiger partial charge in [-0.25, -0.2) is 8.42 Å². The summed E-state index contributed by atoms with van der Waals surface area (Å²) < 4.78 is 25.6. The van der Waals surface area contributed by atoms with E-state index in [0.29, 0.717) is 6.54 Å². The van der Waals surface area contributed by atoms with Crippen LogP contribution in [0.15, 0.2) is 42.5 Å². The Morgan fingerprint density at radius 1 is 1.15 bits per heavy atom. The maximum absolute atomic E-state index is 12.5. The van der Waals surface area contributed by atoms with Gasteiger partial charge in [0.05, 0.1) is 11.9 Å². The van der Waals surface area contributed by atoms with Crippen LogP contribution in [0.2, 0.25) is 10.0 Å². The van der Waals surface area contributed by atoms with Gasteiger partial charge < -0.3 is 5.32 Å². The van der Waals surface area contributed by atoms with Gasteiger partial charge in [-0.3, -0.25) is 9.10 Å². The summed E-state index contributed by atoms with van der Waals surface area (Å²) in [5, 5.41) is 3.34. The molecule has 1 atom stereocenters. The second-order valence-electron chi connectivity index (χ2n) is 6.07. The van der Waals surface area contributed by atoms with Gasteiger partial charge in [0.2, 0.25) is 15.9 Å². The Hall–Kier alpha value is -1.76. The van der Waals surface area contributed by atoms with E-state index >= 15 is 0 Å². The number of anilines is 1. The Bertz CT molecular complexity index is 896. The van der Waals surface area contributed by atoms with Crippen LogP contribution in [0.1, 0.15) is 18.1 Å². The van der Waals surface area contributed by atoms with Crippen molar-refractivity contribution in [2.45, 2.75) is 26.4 Å². The van der Waals surface area contributed by atoms with Gasteiger partial charge in [0.1, 0.15) is 6.04 Å². The van der Waals surface area contributed by atoms with E-state index < -0.39 is 22.0 Å². The van der Waals surface area contributed by atoms with E-state index in [4.69, 9.17) is 23.2 Å². The van der Waals surface area contributed by atoms with Crippen molar-refractivity contribution in [3.8, 4) is 0 Å². The molecule has 0 aliphatic carbocycles. The lowest BCUT2D eigenvalue weighted by molar-refractivity contribution is -0.122. The number of hydrogen-bond donors (Lipinski definition) is 1. The fourth-order valence-corrected chi connectivity index (χ4v) is 4.31. The second kappa shape index (κ2) is 8.29. The molecular formula is C18H20Cl2N2O3S. The highest BCUT2D eigenvalue weighted by Gasteiger charge is 2.29. The van der Waals surface area contributed by atoms with Crippen LogP contribution in [0.4, 0.5) is 5.69 Å². The molecule has 0 saturated heterocycles. The summed E-state index contributed by atoms with van der Waals surface area (Å²) in [5.41, 5.74) is 2.25. The first-order chi connectivity index (χ1) is 12.1.